The Balaban J connectivity index is 1.50. The van der Waals surface area contributed by atoms with E-state index < -0.39 is 0 Å². The van der Waals surface area contributed by atoms with Crippen molar-refractivity contribution >= 4 is 16.9 Å². The van der Waals surface area contributed by atoms with Crippen molar-refractivity contribution in [3.05, 3.63) is 64.3 Å². The average Bonchev–Trinajstić information content (AvgIpc) is 3.36. The lowest BCUT2D eigenvalue weighted by Crippen LogP contribution is -2.23. The first kappa shape index (κ1) is 16.9. The Kier molecular flexibility index (Phi) is 3.95. The molecule has 0 bridgehead atoms. The number of amides is 1. The number of H-pyrrole nitrogens is 1. The molecule has 0 saturated heterocycles. The molecule has 0 aliphatic heterocycles. The van der Waals surface area contributed by atoms with Gasteiger partial charge in [0, 0.05) is 33.9 Å². The molecule has 1 aromatic carbocycles. The van der Waals surface area contributed by atoms with Gasteiger partial charge in [0.15, 0.2) is 0 Å². The predicted octanol–water partition coefficient (Wildman–Crippen LogP) is 1.54. The van der Waals surface area contributed by atoms with E-state index in [1.807, 2.05) is 48.1 Å². The van der Waals surface area contributed by atoms with E-state index in [0.717, 1.165) is 22.3 Å². The van der Waals surface area contributed by atoms with Gasteiger partial charge in [0.2, 0.25) is 0 Å². The summed E-state index contributed by atoms with van der Waals surface area (Å²) in [7, 11) is 5.41. The van der Waals surface area contributed by atoms with E-state index in [9.17, 15) is 9.59 Å². The average molecular weight is 364 g/mol. The molecular weight excluding hydrogens is 344 g/mol. The first-order chi connectivity index (χ1) is 13.0. The second-order valence-corrected chi connectivity index (χ2v) is 6.58. The van der Waals surface area contributed by atoms with Crippen LogP contribution in [0.1, 0.15) is 16.1 Å². The molecule has 0 saturated carbocycles. The molecule has 0 aliphatic carbocycles. The molecule has 2 N–H and O–H groups in total. The number of benzene rings is 1. The number of nitrogens with one attached hydrogen (secondary N) is 2. The zero-order chi connectivity index (χ0) is 19.1. The van der Waals surface area contributed by atoms with Gasteiger partial charge in [-0.25, -0.2) is 4.79 Å². The molecule has 3 aromatic heterocycles. The van der Waals surface area contributed by atoms with Crippen molar-refractivity contribution in [3.63, 3.8) is 0 Å². The minimum Gasteiger partial charge on any atom is -0.349 e. The Morgan fingerprint density at radius 1 is 1.11 bits per heavy atom. The van der Waals surface area contributed by atoms with Crippen LogP contribution in [-0.4, -0.2) is 29.8 Å². The third-order valence-electron chi connectivity index (χ3n) is 4.82. The van der Waals surface area contributed by atoms with Gasteiger partial charge in [-0.3, -0.25) is 19.0 Å². The van der Waals surface area contributed by atoms with Crippen LogP contribution in [0.5, 0.6) is 0 Å². The molecule has 4 aromatic rings. The summed E-state index contributed by atoms with van der Waals surface area (Å²) in [4.78, 5) is 24.4. The number of hydrogen-bond acceptors (Lipinski definition) is 3. The lowest BCUT2D eigenvalue weighted by molar-refractivity contribution is 0.0946. The number of rotatable bonds is 4. The highest BCUT2D eigenvalue weighted by Gasteiger charge is 2.13. The molecule has 0 radical (unpaired) electrons. The SMILES string of the molecule is Cn1cccc1-c1cc(C(=O)NCc2ccc3c(c2)n(C)c(=O)n3C)[nH]n1. The largest absolute Gasteiger partial charge is 0.349 e. The monoisotopic (exact) mass is 364 g/mol. The summed E-state index contributed by atoms with van der Waals surface area (Å²) in [5, 5.41) is 9.88. The van der Waals surface area contributed by atoms with Gasteiger partial charge in [-0.2, -0.15) is 5.10 Å². The third-order valence-corrected chi connectivity index (χ3v) is 4.82. The third kappa shape index (κ3) is 2.84. The number of fused-ring (bicyclic) bond motifs is 1. The van der Waals surface area contributed by atoms with Crippen molar-refractivity contribution in [3.8, 4) is 11.4 Å². The molecule has 8 nitrogen and oxygen atoms in total. The molecule has 0 aliphatic rings. The van der Waals surface area contributed by atoms with Crippen molar-refractivity contribution in [1.29, 1.82) is 0 Å². The quantitative estimate of drug-likeness (QED) is 0.576. The summed E-state index contributed by atoms with van der Waals surface area (Å²) in [6.45, 7) is 0.358. The Morgan fingerprint density at radius 3 is 2.63 bits per heavy atom. The number of nitrogens with zero attached hydrogens (tertiary/aromatic N) is 4. The first-order valence-electron chi connectivity index (χ1n) is 8.55. The van der Waals surface area contributed by atoms with Crippen molar-refractivity contribution < 1.29 is 4.79 Å². The second kappa shape index (κ2) is 6.31. The normalized spacial score (nSPS) is 11.2. The highest BCUT2D eigenvalue weighted by Crippen LogP contribution is 2.18. The zero-order valence-corrected chi connectivity index (χ0v) is 15.4. The van der Waals surface area contributed by atoms with Crippen molar-refractivity contribution in [2.45, 2.75) is 6.54 Å². The van der Waals surface area contributed by atoms with E-state index in [-0.39, 0.29) is 11.6 Å². The summed E-state index contributed by atoms with van der Waals surface area (Å²) < 4.78 is 5.15. The molecule has 4 rings (SSSR count). The summed E-state index contributed by atoms with van der Waals surface area (Å²) in [6, 6.07) is 11.3. The number of imidazole rings is 1. The maximum Gasteiger partial charge on any atom is 0.328 e. The Hall–Kier alpha value is -3.55. The van der Waals surface area contributed by atoms with Crippen molar-refractivity contribution in [1.82, 2.24) is 29.2 Å². The van der Waals surface area contributed by atoms with Crippen LogP contribution in [-0.2, 0) is 27.7 Å². The number of carbonyl (C=O) groups is 1. The maximum atomic E-state index is 12.4. The highest BCUT2D eigenvalue weighted by molar-refractivity contribution is 5.93. The topological polar surface area (TPSA) is 89.6 Å². The minimum absolute atomic E-state index is 0.0724. The van der Waals surface area contributed by atoms with Gasteiger partial charge >= 0.3 is 5.69 Å². The molecular formula is C19H20N6O2. The molecule has 1 amide bonds. The van der Waals surface area contributed by atoms with Gasteiger partial charge < -0.3 is 9.88 Å². The first-order valence-corrected chi connectivity index (χ1v) is 8.55. The molecule has 138 valence electrons. The molecule has 0 fully saturated rings. The number of hydrogen-bond donors (Lipinski definition) is 2. The number of carbonyl (C=O) groups excluding carboxylic acids is 1. The molecule has 0 spiro atoms. The maximum absolute atomic E-state index is 12.4. The molecule has 0 unspecified atom stereocenters. The summed E-state index contributed by atoms with van der Waals surface area (Å²) in [6.07, 6.45) is 1.93. The molecule has 8 heteroatoms. The lowest BCUT2D eigenvalue weighted by Gasteiger charge is -2.05. The van der Waals surface area contributed by atoms with Crippen LogP contribution in [0.3, 0.4) is 0 Å². The van der Waals surface area contributed by atoms with Crippen LogP contribution >= 0.6 is 0 Å². The van der Waals surface area contributed by atoms with E-state index in [1.165, 1.54) is 0 Å². The Morgan fingerprint density at radius 2 is 1.89 bits per heavy atom. The number of aromatic nitrogens is 5. The fourth-order valence-corrected chi connectivity index (χ4v) is 3.24. The minimum atomic E-state index is -0.231. The smallest absolute Gasteiger partial charge is 0.328 e. The summed E-state index contributed by atoms with van der Waals surface area (Å²) in [5.74, 6) is -0.231. The van der Waals surface area contributed by atoms with Gasteiger partial charge in [-0.15, -0.1) is 0 Å². The molecule has 0 atom stereocenters. The van der Waals surface area contributed by atoms with Crippen LogP contribution in [0.4, 0.5) is 0 Å². The van der Waals surface area contributed by atoms with E-state index in [0.29, 0.717) is 17.9 Å². The number of aromatic amines is 1. The Labute approximate surface area is 155 Å². The van der Waals surface area contributed by atoms with E-state index >= 15 is 0 Å². The number of aryl methyl sites for hydroxylation is 3. The van der Waals surface area contributed by atoms with E-state index in [1.54, 1.807) is 29.3 Å². The predicted molar refractivity (Wildman–Crippen MR) is 102 cm³/mol. The summed E-state index contributed by atoms with van der Waals surface area (Å²) in [5.41, 5.74) is 4.59. The van der Waals surface area contributed by atoms with Gasteiger partial charge in [0.25, 0.3) is 5.91 Å². The standard InChI is InChI=1S/C19H20N6O2/c1-23-8-4-5-15(23)13-10-14(22-21-13)18(26)20-11-12-6-7-16-17(9-12)25(3)19(27)24(16)2/h4-10H,11H2,1-3H3,(H,20,26)(H,21,22). The molecule has 3 heterocycles. The van der Waals surface area contributed by atoms with Crippen molar-refractivity contribution in [2.24, 2.45) is 21.1 Å². The van der Waals surface area contributed by atoms with Crippen LogP contribution in [0.25, 0.3) is 22.4 Å². The lowest BCUT2D eigenvalue weighted by atomic mass is 10.2. The van der Waals surface area contributed by atoms with Crippen molar-refractivity contribution in [2.75, 3.05) is 0 Å². The van der Waals surface area contributed by atoms with Gasteiger partial charge in [-0.05, 0) is 35.9 Å². The van der Waals surface area contributed by atoms with Crippen LogP contribution in [0, 0.1) is 0 Å². The van der Waals surface area contributed by atoms with E-state index in [2.05, 4.69) is 15.5 Å². The van der Waals surface area contributed by atoms with Crippen LogP contribution in [0.2, 0.25) is 0 Å². The fraction of sp³-hybridized carbons (Fsp3) is 0.211. The van der Waals surface area contributed by atoms with Crippen LogP contribution < -0.4 is 11.0 Å². The fourth-order valence-electron chi connectivity index (χ4n) is 3.24. The Bertz CT molecular complexity index is 1210. The second-order valence-electron chi connectivity index (χ2n) is 6.58. The van der Waals surface area contributed by atoms with Crippen LogP contribution in [0.15, 0.2) is 47.4 Å². The van der Waals surface area contributed by atoms with Gasteiger partial charge in [0.1, 0.15) is 11.4 Å². The highest BCUT2D eigenvalue weighted by atomic mass is 16.2. The zero-order valence-electron chi connectivity index (χ0n) is 15.4. The summed E-state index contributed by atoms with van der Waals surface area (Å²) >= 11 is 0. The molecule has 27 heavy (non-hydrogen) atoms. The van der Waals surface area contributed by atoms with Gasteiger partial charge in [0.05, 0.1) is 16.7 Å². The van der Waals surface area contributed by atoms with E-state index in [4.69, 9.17) is 0 Å². The van der Waals surface area contributed by atoms with Gasteiger partial charge in [-0.1, -0.05) is 6.07 Å².